The quantitative estimate of drug-likeness (QED) is 0.796. The third-order valence-electron chi connectivity index (χ3n) is 3.38. The van der Waals surface area contributed by atoms with E-state index in [1.165, 1.54) is 6.08 Å². The molecule has 20 heavy (non-hydrogen) atoms. The third-order valence-corrected chi connectivity index (χ3v) is 3.38. The Hall–Kier alpha value is -2.14. The van der Waals surface area contributed by atoms with Gasteiger partial charge < -0.3 is 16.4 Å². The van der Waals surface area contributed by atoms with Crippen LogP contribution in [0.5, 0.6) is 0 Å². The molecule has 0 spiro atoms. The molecular formula is C15H19N3O2. The lowest BCUT2D eigenvalue weighted by Gasteiger charge is -2.29. The van der Waals surface area contributed by atoms with E-state index in [-0.39, 0.29) is 11.9 Å². The van der Waals surface area contributed by atoms with E-state index in [1.807, 2.05) is 0 Å². The zero-order valence-corrected chi connectivity index (χ0v) is 11.3. The van der Waals surface area contributed by atoms with Crippen LogP contribution in [0.15, 0.2) is 30.3 Å². The summed E-state index contributed by atoms with van der Waals surface area (Å²) in [4.78, 5) is 24.7. The van der Waals surface area contributed by atoms with Gasteiger partial charge in [-0.2, -0.15) is 0 Å². The number of amides is 2. The number of likely N-dealkylation sites (tertiary alicyclic amines) is 1. The highest BCUT2D eigenvalue weighted by Gasteiger charge is 2.19. The van der Waals surface area contributed by atoms with Crippen LogP contribution in [0.25, 0.3) is 6.08 Å². The molecule has 1 unspecified atom stereocenters. The van der Waals surface area contributed by atoms with Crippen molar-refractivity contribution in [1.82, 2.24) is 4.90 Å². The Labute approximate surface area is 118 Å². The standard InChI is InChI=1S/C15H19N3O2/c16-13-2-1-9-18(10-13)14(19)8-5-11-3-6-12(7-4-11)15(17)20/h3-8,13H,1-2,9-10,16H2,(H2,17,20). The van der Waals surface area contributed by atoms with Gasteiger partial charge in [0.05, 0.1) is 0 Å². The topological polar surface area (TPSA) is 89.4 Å². The molecule has 1 aliphatic rings. The number of piperidine rings is 1. The van der Waals surface area contributed by atoms with Gasteiger partial charge in [-0.15, -0.1) is 0 Å². The molecule has 106 valence electrons. The van der Waals surface area contributed by atoms with Crippen LogP contribution in [0.3, 0.4) is 0 Å². The Morgan fingerprint density at radius 1 is 1.25 bits per heavy atom. The lowest BCUT2D eigenvalue weighted by molar-refractivity contribution is -0.127. The Morgan fingerprint density at radius 2 is 1.95 bits per heavy atom. The van der Waals surface area contributed by atoms with Crippen LogP contribution >= 0.6 is 0 Å². The van der Waals surface area contributed by atoms with E-state index >= 15 is 0 Å². The van der Waals surface area contributed by atoms with E-state index in [0.29, 0.717) is 12.1 Å². The SMILES string of the molecule is NC(=O)c1ccc(C=CC(=O)N2CCCC(N)C2)cc1. The lowest BCUT2D eigenvalue weighted by atomic mass is 10.1. The van der Waals surface area contributed by atoms with Gasteiger partial charge in [0.15, 0.2) is 0 Å². The number of hydrogen-bond donors (Lipinski definition) is 2. The molecule has 0 aliphatic carbocycles. The van der Waals surface area contributed by atoms with Gasteiger partial charge in [-0.1, -0.05) is 12.1 Å². The van der Waals surface area contributed by atoms with Gasteiger partial charge in [0.1, 0.15) is 0 Å². The molecule has 1 aliphatic heterocycles. The minimum Gasteiger partial charge on any atom is -0.366 e. The first-order valence-electron chi connectivity index (χ1n) is 6.68. The highest BCUT2D eigenvalue weighted by Crippen LogP contribution is 2.10. The molecule has 4 N–H and O–H groups in total. The van der Waals surface area contributed by atoms with E-state index < -0.39 is 5.91 Å². The molecule has 5 nitrogen and oxygen atoms in total. The fourth-order valence-electron chi connectivity index (χ4n) is 2.24. The molecule has 0 radical (unpaired) electrons. The van der Waals surface area contributed by atoms with Crippen molar-refractivity contribution in [2.75, 3.05) is 13.1 Å². The average molecular weight is 273 g/mol. The maximum Gasteiger partial charge on any atom is 0.248 e. The van der Waals surface area contributed by atoms with E-state index in [9.17, 15) is 9.59 Å². The van der Waals surface area contributed by atoms with Crippen LogP contribution < -0.4 is 11.5 Å². The Kier molecular flexibility index (Phi) is 4.53. The molecule has 1 fully saturated rings. The third kappa shape index (κ3) is 3.68. The summed E-state index contributed by atoms with van der Waals surface area (Å²) in [5.74, 6) is -0.488. The number of nitrogens with two attached hydrogens (primary N) is 2. The maximum absolute atomic E-state index is 12.0. The monoisotopic (exact) mass is 273 g/mol. The molecule has 5 heteroatoms. The normalized spacial score (nSPS) is 19.2. The van der Waals surface area contributed by atoms with Crippen molar-refractivity contribution in [3.8, 4) is 0 Å². The smallest absolute Gasteiger partial charge is 0.248 e. The van der Waals surface area contributed by atoms with Gasteiger partial charge in [0.25, 0.3) is 0 Å². The van der Waals surface area contributed by atoms with E-state index in [4.69, 9.17) is 11.5 Å². The molecule has 0 bridgehead atoms. The summed E-state index contributed by atoms with van der Waals surface area (Å²) >= 11 is 0. The van der Waals surface area contributed by atoms with Gasteiger partial charge in [0.2, 0.25) is 11.8 Å². The van der Waals surface area contributed by atoms with E-state index in [2.05, 4.69) is 0 Å². The molecule has 0 saturated carbocycles. The number of carbonyl (C=O) groups excluding carboxylic acids is 2. The van der Waals surface area contributed by atoms with Crippen molar-refractivity contribution in [3.63, 3.8) is 0 Å². The largest absolute Gasteiger partial charge is 0.366 e. The van der Waals surface area contributed by atoms with Crippen molar-refractivity contribution in [2.45, 2.75) is 18.9 Å². The van der Waals surface area contributed by atoms with Gasteiger partial charge in [-0.05, 0) is 36.6 Å². The van der Waals surface area contributed by atoms with Crippen LogP contribution in [0.1, 0.15) is 28.8 Å². The zero-order chi connectivity index (χ0) is 14.5. The summed E-state index contributed by atoms with van der Waals surface area (Å²) in [5, 5.41) is 0. The van der Waals surface area contributed by atoms with Crippen LogP contribution in [0.4, 0.5) is 0 Å². The molecule has 2 amide bonds. The number of benzene rings is 1. The highest BCUT2D eigenvalue weighted by atomic mass is 16.2. The van der Waals surface area contributed by atoms with Crippen LogP contribution in [-0.4, -0.2) is 35.8 Å². The number of rotatable bonds is 3. The predicted molar refractivity (Wildman–Crippen MR) is 77.8 cm³/mol. The Morgan fingerprint density at radius 3 is 2.55 bits per heavy atom. The van der Waals surface area contributed by atoms with Crippen LogP contribution in [-0.2, 0) is 4.79 Å². The minimum absolute atomic E-state index is 0.0286. The molecule has 1 heterocycles. The van der Waals surface area contributed by atoms with Gasteiger partial charge in [-0.25, -0.2) is 0 Å². The predicted octanol–water partition coefficient (Wildman–Crippen LogP) is 0.748. The first-order chi connectivity index (χ1) is 9.56. The second-order valence-electron chi connectivity index (χ2n) is 5.01. The fourth-order valence-corrected chi connectivity index (χ4v) is 2.24. The van der Waals surface area contributed by atoms with Crippen molar-refractivity contribution in [3.05, 3.63) is 41.5 Å². The second kappa shape index (κ2) is 6.34. The average Bonchev–Trinajstić information content (AvgIpc) is 2.45. The van der Waals surface area contributed by atoms with Gasteiger partial charge >= 0.3 is 0 Å². The van der Waals surface area contributed by atoms with Crippen molar-refractivity contribution < 1.29 is 9.59 Å². The summed E-state index contributed by atoms with van der Waals surface area (Å²) in [6.07, 6.45) is 5.20. The Balaban J connectivity index is 1.97. The number of hydrogen-bond acceptors (Lipinski definition) is 3. The van der Waals surface area contributed by atoms with E-state index in [1.54, 1.807) is 35.2 Å². The summed E-state index contributed by atoms with van der Waals surface area (Å²) in [6.45, 7) is 1.38. The first kappa shape index (κ1) is 14.3. The van der Waals surface area contributed by atoms with Gasteiger partial charge in [0, 0.05) is 30.8 Å². The summed E-state index contributed by atoms with van der Waals surface area (Å²) in [6, 6.07) is 6.88. The van der Waals surface area contributed by atoms with E-state index in [0.717, 1.165) is 24.9 Å². The maximum atomic E-state index is 12.0. The molecule has 1 aromatic rings. The summed E-state index contributed by atoms with van der Waals surface area (Å²) < 4.78 is 0. The molecule has 1 atom stereocenters. The zero-order valence-electron chi connectivity index (χ0n) is 11.3. The van der Waals surface area contributed by atoms with Crippen LogP contribution in [0, 0.1) is 0 Å². The van der Waals surface area contributed by atoms with Gasteiger partial charge in [-0.3, -0.25) is 9.59 Å². The Bertz CT molecular complexity index is 522. The fraction of sp³-hybridized carbons (Fsp3) is 0.333. The first-order valence-corrected chi connectivity index (χ1v) is 6.68. The second-order valence-corrected chi connectivity index (χ2v) is 5.01. The summed E-state index contributed by atoms with van der Waals surface area (Å²) in [5.41, 5.74) is 12.3. The summed E-state index contributed by atoms with van der Waals surface area (Å²) in [7, 11) is 0. The van der Waals surface area contributed by atoms with Crippen molar-refractivity contribution in [1.29, 1.82) is 0 Å². The number of primary amides is 1. The minimum atomic E-state index is -0.459. The molecular weight excluding hydrogens is 254 g/mol. The number of carbonyl (C=O) groups is 2. The molecule has 1 aromatic carbocycles. The molecule has 0 aromatic heterocycles. The highest BCUT2D eigenvalue weighted by molar-refractivity contribution is 5.94. The molecule has 1 saturated heterocycles. The van der Waals surface area contributed by atoms with Crippen molar-refractivity contribution >= 4 is 17.9 Å². The number of nitrogens with zero attached hydrogens (tertiary/aromatic N) is 1. The molecule has 2 rings (SSSR count). The van der Waals surface area contributed by atoms with Crippen LogP contribution in [0.2, 0.25) is 0 Å². The van der Waals surface area contributed by atoms with Crippen molar-refractivity contribution in [2.24, 2.45) is 11.5 Å². The lowest BCUT2D eigenvalue weighted by Crippen LogP contribution is -2.45.